The Labute approximate surface area is 194 Å². The monoisotopic (exact) mass is 487 g/mol. The van der Waals surface area contributed by atoms with Crippen molar-refractivity contribution in [3.05, 3.63) is 81.8 Å². The molecule has 1 aromatic carbocycles. The zero-order chi connectivity index (χ0) is 21.9. The lowest BCUT2D eigenvalue weighted by atomic mass is 9.49. The van der Waals surface area contributed by atoms with E-state index in [9.17, 15) is 4.79 Å². The van der Waals surface area contributed by atoms with Crippen molar-refractivity contribution in [3.8, 4) is 0 Å². The van der Waals surface area contributed by atoms with Crippen molar-refractivity contribution in [2.75, 3.05) is 5.32 Å². The van der Waals surface area contributed by atoms with Crippen molar-refractivity contribution in [1.29, 1.82) is 0 Å². The number of hydrogen-bond acceptors (Lipinski definition) is 5. The zero-order valence-electron chi connectivity index (χ0n) is 17.7. The predicted octanol–water partition coefficient (Wildman–Crippen LogP) is 5.25. The van der Waals surface area contributed by atoms with E-state index in [1.165, 1.54) is 30.4 Å². The molecule has 7 rings (SSSR count). The average molecular weight is 488 g/mol. The molecule has 0 spiro atoms. The number of rotatable bonds is 6. The second-order valence-corrected chi connectivity index (χ2v) is 10.0. The van der Waals surface area contributed by atoms with Crippen LogP contribution < -0.4 is 5.32 Å². The molecule has 2 bridgehead atoms. The van der Waals surface area contributed by atoms with Gasteiger partial charge in [-0.05, 0) is 59.7 Å². The fourth-order valence-electron chi connectivity index (χ4n) is 4.94. The van der Waals surface area contributed by atoms with E-state index in [4.69, 9.17) is 4.98 Å². The highest BCUT2D eigenvalue weighted by Gasteiger charge is 2.58. The molecule has 3 aliphatic rings. The first-order valence-corrected chi connectivity index (χ1v) is 11.6. The third-order valence-electron chi connectivity index (χ3n) is 6.85. The van der Waals surface area contributed by atoms with E-state index in [-0.39, 0.29) is 11.3 Å². The van der Waals surface area contributed by atoms with Gasteiger partial charge in [0.2, 0.25) is 5.95 Å². The first-order valence-electron chi connectivity index (χ1n) is 10.8. The van der Waals surface area contributed by atoms with Crippen LogP contribution >= 0.6 is 15.9 Å². The number of fused-ring (bicyclic) bond motifs is 1. The van der Waals surface area contributed by atoms with Crippen LogP contribution in [-0.4, -0.2) is 25.3 Å². The van der Waals surface area contributed by atoms with Crippen LogP contribution in [0.2, 0.25) is 0 Å². The summed E-state index contributed by atoms with van der Waals surface area (Å²) in [7, 11) is 0. The molecule has 3 aromatic heterocycles. The maximum Gasteiger partial charge on any atom is 0.224 e. The van der Waals surface area contributed by atoms with Crippen molar-refractivity contribution >= 4 is 38.7 Å². The van der Waals surface area contributed by atoms with E-state index in [0.717, 1.165) is 21.4 Å². The number of carbonyl (C=O) groups is 1. The van der Waals surface area contributed by atoms with Crippen molar-refractivity contribution in [2.45, 2.75) is 38.3 Å². The maximum atomic E-state index is 13.3. The normalized spacial score (nSPS) is 21.1. The Bertz CT molecular complexity index is 1340. The number of carbonyl (C=O) groups excluding carboxylic acids is 1. The number of pyridine rings is 1. The summed E-state index contributed by atoms with van der Waals surface area (Å²) in [6.07, 6.45) is 10.5. The number of hydrogen-bond donors (Lipinski definition) is 1. The SMILES string of the molecule is Cc1ccc(CNc2ncc3c(C(=O)c4cncc(Br)c4)cn(C45CC(C4)C5)c3n2)cc1. The smallest absolute Gasteiger partial charge is 0.224 e. The molecule has 0 aliphatic heterocycles. The minimum Gasteiger partial charge on any atom is -0.350 e. The van der Waals surface area contributed by atoms with Crippen LogP contribution in [0.4, 0.5) is 5.95 Å². The van der Waals surface area contributed by atoms with Crippen molar-refractivity contribution in [3.63, 3.8) is 0 Å². The summed E-state index contributed by atoms with van der Waals surface area (Å²) in [4.78, 5) is 26.9. The van der Waals surface area contributed by atoms with Crippen molar-refractivity contribution in [1.82, 2.24) is 19.5 Å². The minimum atomic E-state index is -0.0573. The average Bonchev–Trinajstić information content (AvgIpc) is 3.09. The molecular formula is C25H22BrN5O. The van der Waals surface area contributed by atoms with Crippen LogP contribution in [0.25, 0.3) is 11.0 Å². The first-order chi connectivity index (χ1) is 15.5. The second-order valence-electron chi connectivity index (χ2n) is 9.11. The molecule has 160 valence electrons. The standard InChI is InChI=1S/C25H22BrN5O/c1-15-2-4-16(5-3-15)10-28-24-29-13-20-21(22(32)18-6-19(26)12-27-11-18)14-31(23(20)30-24)25-7-17(8-25)9-25/h2-6,11-14,17H,7-10H2,1H3,(H,28,29,30). The van der Waals surface area contributed by atoms with Gasteiger partial charge in [0.05, 0.1) is 5.56 Å². The highest BCUT2D eigenvalue weighted by atomic mass is 79.9. The molecule has 0 atom stereocenters. The van der Waals surface area contributed by atoms with E-state index in [2.05, 4.69) is 67.0 Å². The molecule has 3 aliphatic carbocycles. The summed E-state index contributed by atoms with van der Waals surface area (Å²) < 4.78 is 3.02. The Balaban J connectivity index is 1.38. The van der Waals surface area contributed by atoms with Gasteiger partial charge in [0.15, 0.2) is 5.78 Å². The molecule has 0 radical (unpaired) electrons. The van der Waals surface area contributed by atoms with E-state index in [0.29, 0.717) is 23.6 Å². The van der Waals surface area contributed by atoms with Gasteiger partial charge in [0, 0.05) is 52.3 Å². The van der Waals surface area contributed by atoms with E-state index < -0.39 is 0 Å². The van der Waals surface area contributed by atoms with Crippen LogP contribution in [0.3, 0.4) is 0 Å². The highest BCUT2D eigenvalue weighted by molar-refractivity contribution is 9.10. The van der Waals surface area contributed by atoms with Crippen molar-refractivity contribution in [2.24, 2.45) is 5.92 Å². The van der Waals surface area contributed by atoms with Crippen LogP contribution in [0.15, 0.2) is 59.6 Å². The van der Waals surface area contributed by atoms with Gasteiger partial charge in [0.1, 0.15) is 5.65 Å². The lowest BCUT2D eigenvalue weighted by Crippen LogP contribution is -2.59. The van der Waals surface area contributed by atoms with Crippen LogP contribution in [0.5, 0.6) is 0 Å². The molecule has 0 amide bonds. The number of aromatic nitrogens is 4. The number of halogens is 1. The summed E-state index contributed by atoms with van der Waals surface area (Å²) in [5.74, 6) is 1.34. The van der Waals surface area contributed by atoms with Gasteiger partial charge in [0.25, 0.3) is 0 Å². The van der Waals surface area contributed by atoms with Crippen LogP contribution in [0.1, 0.15) is 46.3 Å². The van der Waals surface area contributed by atoms with Gasteiger partial charge in [-0.1, -0.05) is 29.8 Å². The molecular weight excluding hydrogens is 466 g/mol. The Morgan fingerprint density at radius 3 is 2.66 bits per heavy atom. The van der Waals surface area contributed by atoms with Gasteiger partial charge in [-0.2, -0.15) is 4.98 Å². The number of benzene rings is 1. The molecule has 7 heteroatoms. The summed E-state index contributed by atoms with van der Waals surface area (Å²) in [6.45, 7) is 2.73. The topological polar surface area (TPSA) is 72.7 Å². The van der Waals surface area contributed by atoms with Gasteiger partial charge >= 0.3 is 0 Å². The molecule has 4 aromatic rings. The van der Waals surface area contributed by atoms with Gasteiger partial charge < -0.3 is 9.88 Å². The molecule has 1 N–H and O–H groups in total. The van der Waals surface area contributed by atoms with E-state index >= 15 is 0 Å². The van der Waals surface area contributed by atoms with E-state index in [1.807, 2.05) is 6.20 Å². The summed E-state index contributed by atoms with van der Waals surface area (Å²) in [5, 5.41) is 4.13. The summed E-state index contributed by atoms with van der Waals surface area (Å²) >= 11 is 3.41. The quantitative estimate of drug-likeness (QED) is 0.376. The molecule has 3 saturated carbocycles. The predicted molar refractivity (Wildman–Crippen MR) is 127 cm³/mol. The third kappa shape index (κ3) is 3.14. The fraction of sp³-hybridized carbons (Fsp3) is 0.280. The first kappa shape index (κ1) is 19.6. The largest absolute Gasteiger partial charge is 0.350 e. The maximum absolute atomic E-state index is 13.3. The van der Waals surface area contributed by atoms with Gasteiger partial charge in [-0.25, -0.2) is 4.98 Å². The molecule has 3 heterocycles. The number of nitrogens with zero attached hydrogens (tertiary/aromatic N) is 4. The fourth-order valence-corrected chi connectivity index (χ4v) is 5.31. The molecule has 0 saturated heterocycles. The Morgan fingerprint density at radius 1 is 1.19 bits per heavy atom. The van der Waals surface area contributed by atoms with E-state index in [1.54, 1.807) is 24.7 Å². The number of aryl methyl sites for hydroxylation is 1. The Morgan fingerprint density at radius 2 is 1.97 bits per heavy atom. The van der Waals surface area contributed by atoms with Gasteiger partial charge in [-0.15, -0.1) is 0 Å². The van der Waals surface area contributed by atoms with Crippen LogP contribution in [0, 0.1) is 12.8 Å². The number of nitrogens with one attached hydrogen (secondary N) is 1. The molecule has 6 nitrogen and oxygen atoms in total. The van der Waals surface area contributed by atoms with Gasteiger partial charge in [-0.3, -0.25) is 9.78 Å². The van der Waals surface area contributed by atoms with Crippen molar-refractivity contribution < 1.29 is 4.79 Å². The summed E-state index contributed by atoms with van der Waals surface area (Å²) in [6, 6.07) is 10.2. The minimum absolute atomic E-state index is 0.0573. The lowest BCUT2D eigenvalue weighted by molar-refractivity contribution is -0.0859. The lowest BCUT2D eigenvalue weighted by Gasteiger charge is -2.62. The third-order valence-corrected chi connectivity index (χ3v) is 7.28. The van der Waals surface area contributed by atoms with Crippen LogP contribution in [-0.2, 0) is 12.1 Å². The zero-order valence-corrected chi connectivity index (χ0v) is 19.3. The molecule has 0 unspecified atom stereocenters. The number of anilines is 1. The second kappa shape index (κ2) is 7.24. The highest BCUT2D eigenvalue weighted by Crippen LogP contribution is 2.63. The summed E-state index contributed by atoms with van der Waals surface area (Å²) in [5.41, 5.74) is 4.54. The number of ketones is 1. The molecule has 3 fully saturated rings. The Kier molecular flexibility index (Phi) is 4.43. The molecule has 32 heavy (non-hydrogen) atoms. The Hall–Kier alpha value is -3.06.